The van der Waals surface area contributed by atoms with Gasteiger partial charge in [0.15, 0.2) is 0 Å². The van der Waals surface area contributed by atoms with Crippen LogP contribution in [-0.4, -0.2) is 38.5 Å². The van der Waals surface area contributed by atoms with E-state index in [9.17, 15) is 9.59 Å². The van der Waals surface area contributed by atoms with Crippen molar-refractivity contribution in [2.75, 3.05) is 0 Å². The van der Waals surface area contributed by atoms with Gasteiger partial charge in [0.1, 0.15) is 5.54 Å². The topological polar surface area (TPSA) is 96.3 Å². The molecular formula is C11H18N4O3. The average Bonchev–Trinajstić information content (AvgIpc) is 2.68. The maximum Gasteiger partial charge on any atom is 0.328 e. The fourth-order valence-electron chi connectivity index (χ4n) is 1.33. The van der Waals surface area contributed by atoms with E-state index in [0.717, 1.165) is 0 Å². The summed E-state index contributed by atoms with van der Waals surface area (Å²) in [6.07, 6.45) is 3.44. The Morgan fingerprint density at radius 3 is 2.67 bits per heavy atom. The van der Waals surface area contributed by atoms with Crippen LogP contribution in [0, 0.1) is 0 Å². The summed E-state index contributed by atoms with van der Waals surface area (Å²) in [7, 11) is 0. The van der Waals surface area contributed by atoms with Crippen molar-refractivity contribution in [3.8, 4) is 0 Å². The number of nitrogens with zero attached hydrogens (tertiary/aromatic N) is 2. The third-order valence-corrected chi connectivity index (χ3v) is 2.36. The monoisotopic (exact) mass is 254 g/mol. The number of hydrogen-bond donors (Lipinski definition) is 3. The van der Waals surface area contributed by atoms with Crippen LogP contribution < -0.4 is 10.6 Å². The fourth-order valence-corrected chi connectivity index (χ4v) is 1.33. The predicted octanol–water partition coefficient (Wildman–Crippen LogP) is 0.434. The summed E-state index contributed by atoms with van der Waals surface area (Å²) >= 11 is 0. The van der Waals surface area contributed by atoms with Crippen molar-refractivity contribution in [3.05, 3.63) is 18.5 Å². The zero-order chi connectivity index (χ0) is 13.8. The molecule has 7 nitrogen and oxygen atoms in total. The number of hydrogen-bond acceptors (Lipinski definition) is 3. The number of urea groups is 1. The second kappa shape index (κ2) is 5.52. The molecule has 0 aromatic carbocycles. The van der Waals surface area contributed by atoms with Crippen LogP contribution in [-0.2, 0) is 11.3 Å². The normalized spacial score (nSPS) is 12.8. The van der Waals surface area contributed by atoms with E-state index < -0.39 is 17.5 Å². The van der Waals surface area contributed by atoms with Gasteiger partial charge in [-0.25, -0.2) is 9.59 Å². The molecule has 7 heteroatoms. The van der Waals surface area contributed by atoms with Crippen LogP contribution in [0.25, 0.3) is 0 Å². The van der Waals surface area contributed by atoms with E-state index >= 15 is 0 Å². The number of aliphatic carboxylic acids is 1. The number of amides is 2. The first kappa shape index (κ1) is 14.0. The van der Waals surface area contributed by atoms with Gasteiger partial charge < -0.3 is 15.7 Å². The second-order valence-electron chi connectivity index (χ2n) is 4.66. The van der Waals surface area contributed by atoms with Crippen molar-refractivity contribution in [1.82, 2.24) is 20.4 Å². The zero-order valence-corrected chi connectivity index (χ0v) is 10.7. The average molecular weight is 254 g/mol. The van der Waals surface area contributed by atoms with E-state index in [0.29, 0.717) is 6.54 Å². The molecular weight excluding hydrogens is 236 g/mol. The van der Waals surface area contributed by atoms with E-state index in [1.54, 1.807) is 23.1 Å². The molecule has 2 amide bonds. The van der Waals surface area contributed by atoms with Crippen molar-refractivity contribution in [2.45, 2.75) is 38.9 Å². The molecule has 0 bridgehead atoms. The molecule has 1 aromatic heterocycles. The Morgan fingerprint density at radius 1 is 1.50 bits per heavy atom. The predicted molar refractivity (Wildman–Crippen MR) is 65.1 cm³/mol. The van der Waals surface area contributed by atoms with Crippen molar-refractivity contribution in [2.24, 2.45) is 0 Å². The van der Waals surface area contributed by atoms with Crippen molar-refractivity contribution in [3.63, 3.8) is 0 Å². The molecule has 0 spiro atoms. The maximum absolute atomic E-state index is 11.6. The third-order valence-electron chi connectivity index (χ3n) is 2.36. The van der Waals surface area contributed by atoms with E-state index in [1.165, 1.54) is 13.8 Å². The molecule has 0 fully saturated rings. The minimum Gasteiger partial charge on any atom is -0.480 e. The molecule has 1 unspecified atom stereocenters. The Balaban J connectivity index is 2.43. The Bertz CT molecular complexity index is 414. The summed E-state index contributed by atoms with van der Waals surface area (Å²) in [6, 6.07) is 1.12. The quantitative estimate of drug-likeness (QED) is 0.710. The first-order valence-electron chi connectivity index (χ1n) is 5.61. The van der Waals surface area contributed by atoms with Crippen LogP contribution in [0.2, 0.25) is 0 Å². The van der Waals surface area contributed by atoms with Gasteiger partial charge in [-0.1, -0.05) is 0 Å². The highest BCUT2D eigenvalue weighted by Gasteiger charge is 2.29. The van der Waals surface area contributed by atoms with E-state index in [2.05, 4.69) is 15.7 Å². The Kier molecular flexibility index (Phi) is 4.30. The highest BCUT2D eigenvalue weighted by atomic mass is 16.4. The van der Waals surface area contributed by atoms with Gasteiger partial charge in [-0.15, -0.1) is 0 Å². The molecule has 3 N–H and O–H groups in total. The van der Waals surface area contributed by atoms with Crippen molar-refractivity contribution in [1.29, 1.82) is 0 Å². The number of nitrogens with one attached hydrogen (secondary N) is 2. The van der Waals surface area contributed by atoms with Crippen LogP contribution in [0.1, 0.15) is 20.8 Å². The van der Waals surface area contributed by atoms with Gasteiger partial charge >= 0.3 is 12.0 Å². The number of carbonyl (C=O) groups excluding carboxylic acids is 1. The van der Waals surface area contributed by atoms with Gasteiger partial charge in [-0.3, -0.25) is 4.68 Å². The van der Waals surface area contributed by atoms with Crippen LogP contribution in [0.5, 0.6) is 0 Å². The number of rotatable bonds is 5. The van der Waals surface area contributed by atoms with E-state index in [-0.39, 0.29) is 6.04 Å². The van der Waals surface area contributed by atoms with Crippen LogP contribution >= 0.6 is 0 Å². The Hall–Kier alpha value is -2.05. The first-order valence-corrected chi connectivity index (χ1v) is 5.61. The smallest absolute Gasteiger partial charge is 0.328 e. The largest absolute Gasteiger partial charge is 0.480 e. The molecule has 1 atom stereocenters. The number of aromatic nitrogens is 2. The third kappa shape index (κ3) is 4.08. The number of carboxylic acids is 1. The lowest BCUT2D eigenvalue weighted by Gasteiger charge is -2.23. The molecule has 0 aliphatic carbocycles. The summed E-state index contributed by atoms with van der Waals surface area (Å²) in [5.74, 6) is -1.09. The standard InChI is InChI=1S/C11H18N4O3/c1-8(7-15-6-4-5-12-15)13-10(18)14-11(2,3)9(16)17/h4-6,8H,7H2,1-3H3,(H,16,17)(H2,13,14,18). The van der Waals surface area contributed by atoms with Gasteiger partial charge in [0.05, 0.1) is 6.54 Å². The molecule has 18 heavy (non-hydrogen) atoms. The van der Waals surface area contributed by atoms with Gasteiger partial charge in [0, 0.05) is 18.4 Å². The molecule has 1 heterocycles. The number of carboxylic acid groups (broad SMARTS) is 1. The van der Waals surface area contributed by atoms with Gasteiger partial charge in [0.2, 0.25) is 0 Å². The molecule has 1 aromatic rings. The molecule has 100 valence electrons. The summed E-state index contributed by atoms with van der Waals surface area (Å²) in [4.78, 5) is 22.4. The minimum atomic E-state index is -1.30. The fraction of sp³-hybridized carbons (Fsp3) is 0.545. The lowest BCUT2D eigenvalue weighted by atomic mass is 10.1. The molecule has 0 aliphatic heterocycles. The molecule has 0 saturated carbocycles. The first-order chi connectivity index (χ1) is 8.31. The summed E-state index contributed by atoms with van der Waals surface area (Å²) < 4.78 is 1.69. The zero-order valence-electron chi connectivity index (χ0n) is 10.7. The van der Waals surface area contributed by atoms with Crippen molar-refractivity contribution < 1.29 is 14.7 Å². The lowest BCUT2D eigenvalue weighted by Crippen LogP contribution is -2.54. The lowest BCUT2D eigenvalue weighted by molar-refractivity contribution is -0.142. The molecule has 0 aliphatic rings. The minimum absolute atomic E-state index is 0.158. The highest BCUT2D eigenvalue weighted by Crippen LogP contribution is 2.01. The van der Waals surface area contributed by atoms with Crippen LogP contribution in [0.15, 0.2) is 18.5 Å². The number of carbonyl (C=O) groups is 2. The van der Waals surface area contributed by atoms with E-state index in [4.69, 9.17) is 5.11 Å². The van der Waals surface area contributed by atoms with Gasteiger partial charge in [-0.05, 0) is 26.8 Å². The van der Waals surface area contributed by atoms with Gasteiger partial charge in [0.25, 0.3) is 0 Å². The molecule has 1 rings (SSSR count). The Labute approximate surface area is 105 Å². The molecule has 0 radical (unpaired) electrons. The summed E-state index contributed by atoms with van der Waals surface area (Å²) in [5, 5.41) is 17.9. The van der Waals surface area contributed by atoms with E-state index in [1.807, 2.05) is 6.92 Å². The SMILES string of the molecule is CC(Cn1cccn1)NC(=O)NC(C)(C)C(=O)O. The summed E-state index contributed by atoms with van der Waals surface area (Å²) in [6.45, 7) is 5.18. The highest BCUT2D eigenvalue weighted by molar-refractivity contribution is 5.85. The van der Waals surface area contributed by atoms with Crippen LogP contribution in [0.3, 0.4) is 0 Å². The van der Waals surface area contributed by atoms with Crippen molar-refractivity contribution >= 4 is 12.0 Å². The van der Waals surface area contributed by atoms with Gasteiger partial charge in [-0.2, -0.15) is 5.10 Å². The second-order valence-corrected chi connectivity index (χ2v) is 4.66. The van der Waals surface area contributed by atoms with Crippen LogP contribution in [0.4, 0.5) is 4.79 Å². The Morgan fingerprint density at radius 2 is 2.17 bits per heavy atom. The summed E-state index contributed by atoms with van der Waals surface area (Å²) in [5.41, 5.74) is -1.30. The maximum atomic E-state index is 11.6. The molecule has 0 saturated heterocycles.